The monoisotopic (exact) mass is 386 g/mol. The highest BCUT2D eigenvalue weighted by Crippen LogP contribution is 2.41. The highest BCUT2D eigenvalue weighted by molar-refractivity contribution is 14.1. The number of rotatable bonds is 1. The van der Waals surface area contributed by atoms with E-state index in [1.54, 1.807) is 0 Å². The summed E-state index contributed by atoms with van der Waals surface area (Å²) in [5.74, 6) is 0. The van der Waals surface area contributed by atoms with Crippen molar-refractivity contribution in [3.05, 3.63) is 70.3 Å². The number of halogens is 1. The number of benzene rings is 3. The number of fused-ring (bicyclic) bond motifs is 3. The van der Waals surface area contributed by atoms with Gasteiger partial charge in [0.25, 0.3) is 0 Å². The maximum atomic E-state index is 2.44. The molecule has 2 heteroatoms. The lowest BCUT2D eigenvalue weighted by atomic mass is 10.0. The Hall–Kier alpha value is -1.39. The molecule has 20 heavy (non-hydrogen) atoms. The maximum absolute atomic E-state index is 2.44. The van der Waals surface area contributed by atoms with Crippen LogP contribution in [0, 0.1) is 3.57 Å². The molecule has 3 aromatic carbocycles. The van der Waals surface area contributed by atoms with Crippen LogP contribution in [0.15, 0.2) is 66.7 Å². The first-order chi connectivity index (χ1) is 9.84. The minimum Gasteiger partial charge on any atom is -0.134 e. The minimum absolute atomic E-state index is 1.29. The zero-order chi connectivity index (χ0) is 13.5. The Morgan fingerprint density at radius 1 is 0.750 bits per heavy atom. The SMILES string of the molecule is Ic1cccc2sc3c(-c4ccccc4)cccc3c12. The van der Waals surface area contributed by atoms with Crippen LogP contribution in [-0.4, -0.2) is 0 Å². The fourth-order valence-corrected chi connectivity index (χ4v) is 4.89. The number of hydrogen-bond donors (Lipinski definition) is 0. The maximum Gasteiger partial charge on any atom is 0.0434 e. The molecule has 0 nitrogen and oxygen atoms in total. The third-order valence-corrected chi connectivity index (χ3v) is 5.66. The summed E-state index contributed by atoms with van der Waals surface area (Å²) in [4.78, 5) is 0. The first-order valence-corrected chi connectivity index (χ1v) is 8.39. The largest absolute Gasteiger partial charge is 0.134 e. The third-order valence-electron chi connectivity index (χ3n) is 3.56. The van der Waals surface area contributed by atoms with Gasteiger partial charge < -0.3 is 0 Å². The van der Waals surface area contributed by atoms with Crippen LogP contribution in [0.25, 0.3) is 31.3 Å². The van der Waals surface area contributed by atoms with Gasteiger partial charge in [-0.1, -0.05) is 54.6 Å². The van der Waals surface area contributed by atoms with Gasteiger partial charge in [-0.2, -0.15) is 0 Å². The standard InChI is InChI=1S/C18H11IS/c19-15-10-5-11-16-17(15)14-9-4-8-13(18(14)20-16)12-6-2-1-3-7-12/h1-11H. The summed E-state index contributed by atoms with van der Waals surface area (Å²) in [7, 11) is 0. The van der Waals surface area contributed by atoms with E-state index >= 15 is 0 Å². The molecular weight excluding hydrogens is 375 g/mol. The third kappa shape index (κ3) is 1.86. The van der Waals surface area contributed by atoms with Crippen molar-refractivity contribution < 1.29 is 0 Å². The molecule has 4 rings (SSSR count). The van der Waals surface area contributed by atoms with Crippen LogP contribution < -0.4 is 0 Å². The molecule has 4 aromatic rings. The van der Waals surface area contributed by atoms with Crippen LogP contribution in [0.1, 0.15) is 0 Å². The van der Waals surface area contributed by atoms with E-state index in [1.807, 2.05) is 11.3 Å². The van der Waals surface area contributed by atoms with Crippen molar-refractivity contribution in [1.29, 1.82) is 0 Å². The van der Waals surface area contributed by atoms with Crippen molar-refractivity contribution in [2.24, 2.45) is 0 Å². The Balaban J connectivity index is 2.14. The Bertz CT molecular complexity index is 907. The van der Waals surface area contributed by atoms with Gasteiger partial charge >= 0.3 is 0 Å². The fraction of sp³-hybridized carbons (Fsp3) is 0. The van der Waals surface area contributed by atoms with E-state index in [9.17, 15) is 0 Å². The average Bonchev–Trinajstić information content (AvgIpc) is 2.88. The van der Waals surface area contributed by atoms with Crippen LogP contribution in [0.5, 0.6) is 0 Å². The van der Waals surface area contributed by atoms with E-state index < -0.39 is 0 Å². The summed E-state index contributed by atoms with van der Waals surface area (Å²) in [5.41, 5.74) is 2.62. The lowest BCUT2D eigenvalue weighted by Gasteiger charge is -2.03. The van der Waals surface area contributed by atoms with Crippen LogP contribution in [0.4, 0.5) is 0 Å². The smallest absolute Gasteiger partial charge is 0.0434 e. The molecule has 0 saturated carbocycles. The molecule has 96 valence electrons. The Kier molecular flexibility index (Phi) is 3.00. The molecule has 0 spiro atoms. The zero-order valence-electron chi connectivity index (χ0n) is 10.6. The van der Waals surface area contributed by atoms with Crippen LogP contribution in [-0.2, 0) is 0 Å². The quantitative estimate of drug-likeness (QED) is 0.336. The highest BCUT2D eigenvalue weighted by atomic mass is 127. The molecule has 0 aliphatic rings. The van der Waals surface area contributed by atoms with Gasteiger partial charge in [0.15, 0.2) is 0 Å². The van der Waals surface area contributed by atoms with Gasteiger partial charge in [0.05, 0.1) is 0 Å². The lowest BCUT2D eigenvalue weighted by molar-refractivity contribution is 1.67. The molecule has 1 aromatic heterocycles. The molecular formula is C18H11IS. The van der Waals surface area contributed by atoms with Crippen molar-refractivity contribution in [2.75, 3.05) is 0 Å². The molecule has 0 N–H and O–H groups in total. The second-order valence-electron chi connectivity index (χ2n) is 4.76. The van der Waals surface area contributed by atoms with Gasteiger partial charge in [0.1, 0.15) is 0 Å². The van der Waals surface area contributed by atoms with Crippen LogP contribution >= 0.6 is 33.9 Å². The first-order valence-electron chi connectivity index (χ1n) is 6.50. The van der Waals surface area contributed by atoms with Crippen molar-refractivity contribution in [3.63, 3.8) is 0 Å². The Morgan fingerprint density at radius 2 is 1.55 bits per heavy atom. The summed E-state index contributed by atoms with van der Waals surface area (Å²) in [5, 5.41) is 2.77. The molecule has 0 saturated heterocycles. The Morgan fingerprint density at radius 3 is 2.40 bits per heavy atom. The molecule has 1 heterocycles. The van der Waals surface area contributed by atoms with Gasteiger partial charge in [-0.3, -0.25) is 0 Å². The molecule has 0 bridgehead atoms. The molecule has 0 radical (unpaired) electrons. The van der Waals surface area contributed by atoms with Gasteiger partial charge in [0.2, 0.25) is 0 Å². The van der Waals surface area contributed by atoms with Gasteiger partial charge in [-0.15, -0.1) is 11.3 Å². The van der Waals surface area contributed by atoms with Gasteiger partial charge in [-0.25, -0.2) is 0 Å². The summed E-state index contributed by atoms with van der Waals surface area (Å²) in [6.45, 7) is 0. The van der Waals surface area contributed by atoms with Crippen molar-refractivity contribution in [1.82, 2.24) is 0 Å². The Labute approximate surface area is 135 Å². The van der Waals surface area contributed by atoms with E-state index in [1.165, 1.54) is 34.9 Å². The van der Waals surface area contributed by atoms with E-state index in [0.717, 1.165) is 0 Å². The summed E-state index contributed by atoms with van der Waals surface area (Å²) >= 11 is 4.33. The average molecular weight is 386 g/mol. The van der Waals surface area contributed by atoms with Crippen molar-refractivity contribution in [3.8, 4) is 11.1 Å². The number of thiophene rings is 1. The van der Waals surface area contributed by atoms with Gasteiger partial charge in [-0.05, 0) is 45.9 Å². The molecule has 0 fully saturated rings. The lowest BCUT2D eigenvalue weighted by Crippen LogP contribution is -1.77. The van der Waals surface area contributed by atoms with E-state index in [-0.39, 0.29) is 0 Å². The number of hydrogen-bond acceptors (Lipinski definition) is 1. The molecule has 0 aliphatic heterocycles. The zero-order valence-corrected chi connectivity index (χ0v) is 13.6. The molecule has 0 aliphatic carbocycles. The normalized spacial score (nSPS) is 11.2. The molecule has 0 amide bonds. The molecule has 0 atom stereocenters. The topological polar surface area (TPSA) is 0 Å². The summed E-state index contributed by atoms with van der Waals surface area (Å²) < 4.78 is 4.09. The second-order valence-corrected chi connectivity index (χ2v) is 6.98. The minimum atomic E-state index is 1.29. The second kappa shape index (κ2) is 4.86. The fourth-order valence-electron chi connectivity index (χ4n) is 2.65. The predicted octanol–water partition coefficient (Wildman–Crippen LogP) is 6.33. The summed E-state index contributed by atoms with van der Waals surface area (Å²) in [6.07, 6.45) is 0. The van der Waals surface area contributed by atoms with E-state index in [2.05, 4.69) is 89.3 Å². The van der Waals surface area contributed by atoms with E-state index in [0.29, 0.717) is 0 Å². The summed E-state index contributed by atoms with van der Waals surface area (Å²) in [6, 6.07) is 23.8. The van der Waals surface area contributed by atoms with Crippen LogP contribution in [0.3, 0.4) is 0 Å². The predicted molar refractivity (Wildman–Crippen MR) is 97.5 cm³/mol. The van der Waals surface area contributed by atoms with Gasteiger partial charge in [0, 0.05) is 23.7 Å². The van der Waals surface area contributed by atoms with Crippen molar-refractivity contribution in [2.45, 2.75) is 0 Å². The van der Waals surface area contributed by atoms with E-state index in [4.69, 9.17) is 0 Å². The van der Waals surface area contributed by atoms with Crippen molar-refractivity contribution >= 4 is 54.1 Å². The highest BCUT2D eigenvalue weighted by Gasteiger charge is 2.11. The van der Waals surface area contributed by atoms with Crippen LogP contribution in [0.2, 0.25) is 0 Å². The first kappa shape index (κ1) is 12.4. The molecule has 0 unspecified atom stereocenters.